The quantitative estimate of drug-likeness (QED) is 0.626. The minimum Gasteiger partial charge on any atom is -0.435 e. The highest BCUT2D eigenvalue weighted by Crippen LogP contribution is 2.56. The Morgan fingerprint density at radius 2 is 2.24 bits per heavy atom. The molecule has 0 unspecified atom stereocenters. The molecule has 1 aliphatic carbocycles. The summed E-state index contributed by atoms with van der Waals surface area (Å²) in [4.78, 5) is 10.7. The van der Waals surface area contributed by atoms with Crippen LogP contribution in [0.25, 0.3) is 0 Å². The largest absolute Gasteiger partial charge is 0.435 e. The van der Waals surface area contributed by atoms with Gasteiger partial charge in [-0.1, -0.05) is 41.1 Å². The summed E-state index contributed by atoms with van der Waals surface area (Å²) in [5.41, 5.74) is 1.48. The molecule has 90 valence electrons. The zero-order chi connectivity index (χ0) is 12.5. The summed E-state index contributed by atoms with van der Waals surface area (Å²) < 4.78 is 5.97. The minimum atomic E-state index is -0.274. The molecule has 0 amide bonds. The third-order valence-corrected chi connectivity index (χ3v) is 4.03. The molecule has 1 aromatic carbocycles. The van der Waals surface area contributed by atoms with Gasteiger partial charge in [-0.15, -0.1) is 0 Å². The maximum Gasteiger partial charge on any atom is 0.307 e. The van der Waals surface area contributed by atoms with E-state index in [0.29, 0.717) is 5.92 Å². The Kier molecular flexibility index (Phi) is 3.38. The molecule has 2 rings (SSSR count). The van der Waals surface area contributed by atoms with E-state index in [1.807, 2.05) is 12.1 Å². The van der Waals surface area contributed by atoms with Gasteiger partial charge in [0, 0.05) is 16.8 Å². The number of benzene rings is 1. The van der Waals surface area contributed by atoms with Crippen molar-refractivity contribution in [1.82, 2.24) is 0 Å². The summed E-state index contributed by atoms with van der Waals surface area (Å²) in [6, 6.07) is 8.27. The molecule has 0 bridgehead atoms. The van der Waals surface area contributed by atoms with E-state index in [1.165, 1.54) is 18.7 Å². The van der Waals surface area contributed by atoms with Crippen molar-refractivity contribution in [2.75, 3.05) is 0 Å². The van der Waals surface area contributed by atoms with Gasteiger partial charge < -0.3 is 4.74 Å². The van der Waals surface area contributed by atoms with Gasteiger partial charge in [-0.05, 0) is 30.0 Å². The molecule has 0 saturated heterocycles. The van der Waals surface area contributed by atoms with E-state index in [4.69, 9.17) is 4.74 Å². The van der Waals surface area contributed by atoms with Crippen molar-refractivity contribution in [1.29, 1.82) is 0 Å². The van der Waals surface area contributed by atoms with Gasteiger partial charge in [0.1, 0.15) is 0 Å². The fourth-order valence-electron chi connectivity index (χ4n) is 2.14. The van der Waals surface area contributed by atoms with E-state index in [-0.39, 0.29) is 11.4 Å². The third-order valence-electron chi connectivity index (χ3n) is 3.34. The zero-order valence-corrected chi connectivity index (χ0v) is 11.5. The molecule has 0 N–H and O–H groups in total. The first-order chi connectivity index (χ1) is 8.04. The lowest BCUT2D eigenvalue weighted by Gasteiger charge is -2.12. The zero-order valence-electron chi connectivity index (χ0n) is 9.94. The Balaban J connectivity index is 2.07. The van der Waals surface area contributed by atoms with E-state index < -0.39 is 0 Å². The second-order valence-corrected chi connectivity index (χ2v) is 5.50. The minimum absolute atomic E-state index is 0.163. The first kappa shape index (κ1) is 12.4. The van der Waals surface area contributed by atoms with Crippen molar-refractivity contribution in [3.63, 3.8) is 0 Å². The molecule has 2 atom stereocenters. The number of ether oxygens (including phenoxy) is 1. The number of halogens is 1. The van der Waals surface area contributed by atoms with Gasteiger partial charge in [-0.25, -0.2) is 0 Å². The smallest absolute Gasteiger partial charge is 0.307 e. The van der Waals surface area contributed by atoms with E-state index in [9.17, 15) is 4.79 Å². The second kappa shape index (κ2) is 4.65. The molecule has 1 aromatic rings. The number of esters is 1. The molecule has 2 nitrogen and oxygen atoms in total. The summed E-state index contributed by atoms with van der Waals surface area (Å²) in [5.74, 6) is 0.171. The standard InChI is InChI=1S/C14H15BrO2/c1-10(16)17-8-7-11-9-14(11,2)12-5-3-4-6-13(12)15/h3-8,11H,9H2,1-2H3/b8-7+/t11-,14-/m0/s1. The molecule has 0 heterocycles. The van der Waals surface area contributed by atoms with Crippen LogP contribution in [0.1, 0.15) is 25.8 Å². The SMILES string of the molecule is CC(=O)O/C=C/[C@H]1C[C@]1(C)c1ccccc1Br. The predicted molar refractivity (Wildman–Crippen MR) is 70.5 cm³/mol. The Bertz CT molecular complexity index is 467. The maximum absolute atomic E-state index is 10.7. The maximum atomic E-state index is 10.7. The Morgan fingerprint density at radius 3 is 2.88 bits per heavy atom. The van der Waals surface area contributed by atoms with Gasteiger partial charge in [-0.3, -0.25) is 4.79 Å². The van der Waals surface area contributed by atoms with Crippen molar-refractivity contribution in [3.8, 4) is 0 Å². The second-order valence-electron chi connectivity index (χ2n) is 4.65. The average molecular weight is 295 g/mol. The Morgan fingerprint density at radius 1 is 1.53 bits per heavy atom. The fourth-order valence-corrected chi connectivity index (χ4v) is 2.88. The van der Waals surface area contributed by atoms with Crippen LogP contribution in [0.2, 0.25) is 0 Å². The summed E-state index contributed by atoms with van der Waals surface area (Å²) in [6.45, 7) is 3.64. The van der Waals surface area contributed by atoms with E-state index in [0.717, 1.165) is 10.9 Å². The van der Waals surface area contributed by atoms with Crippen LogP contribution in [0, 0.1) is 5.92 Å². The highest BCUT2D eigenvalue weighted by molar-refractivity contribution is 9.10. The van der Waals surface area contributed by atoms with Gasteiger partial charge in [0.2, 0.25) is 0 Å². The molecule has 0 spiro atoms. The van der Waals surface area contributed by atoms with Crippen LogP contribution in [0.5, 0.6) is 0 Å². The van der Waals surface area contributed by atoms with Crippen LogP contribution in [-0.2, 0) is 14.9 Å². The molecular formula is C14H15BrO2. The molecule has 1 fully saturated rings. The number of rotatable bonds is 3. The van der Waals surface area contributed by atoms with Crippen LogP contribution in [0.15, 0.2) is 41.1 Å². The number of allylic oxidation sites excluding steroid dienone is 1. The lowest BCUT2D eigenvalue weighted by Crippen LogP contribution is -2.04. The first-order valence-electron chi connectivity index (χ1n) is 5.63. The van der Waals surface area contributed by atoms with Crippen molar-refractivity contribution in [2.45, 2.75) is 25.7 Å². The highest BCUT2D eigenvalue weighted by Gasteiger charge is 2.50. The average Bonchev–Trinajstić information content (AvgIpc) is 2.91. The van der Waals surface area contributed by atoms with Gasteiger partial charge in [0.05, 0.1) is 6.26 Å². The fraction of sp³-hybridized carbons (Fsp3) is 0.357. The number of carbonyl (C=O) groups is 1. The number of hydrogen-bond acceptors (Lipinski definition) is 2. The van der Waals surface area contributed by atoms with Crippen LogP contribution in [-0.4, -0.2) is 5.97 Å². The van der Waals surface area contributed by atoms with Gasteiger partial charge >= 0.3 is 5.97 Å². The summed E-state index contributed by atoms with van der Waals surface area (Å²) in [7, 11) is 0. The van der Waals surface area contributed by atoms with E-state index in [1.54, 1.807) is 0 Å². The number of carbonyl (C=O) groups excluding carboxylic acids is 1. The monoisotopic (exact) mass is 294 g/mol. The Hall–Kier alpha value is -1.09. The van der Waals surface area contributed by atoms with Crippen molar-refractivity contribution >= 4 is 21.9 Å². The van der Waals surface area contributed by atoms with Gasteiger partial charge in [-0.2, -0.15) is 0 Å². The summed E-state index contributed by atoms with van der Waals surface area (Å²) >= 11 is 3.58. The van der Waals surface area contributed by atoms with Crippen LogP contribution in [0.3, 0.4) is 0 Å². The first-order valence-corrected chi connectivity index (χ1v) is 6.42. The normalized spacial score (nSPS) is 27.1. The van der Waals surface area contributed by atoms with Crippen molar-refractivity contribution in [2.24, 2.45) is 5.92 Å². The lowest BCUT2D eigenvalue weighted by atomic mass is 9.95. The van der Waals surface area contributed by atoms with Crippen molar-refractivity contribution < 1.29 is 9.53 Å². The summed E-state index contributed by atoms with van der Waals surface area (Å²) in [5, 5.41) is 0. The number of hydrogen-bond donors (Lipinski definition) is 0. The molecular weight excluding hydrogens is 280 g/mol. The van der Waals surface area contributed by atoms with Crippen LogP contribution < -0.4 is 0 Å². The Labute approximate surface area is 110 Å². The molecule has 0 aliphatic heterocycles. The molecule has 3 heteroatoms. The van der Waals surface area contributed by atoms with Crippen LogP contribution >= 0.6 is 15.9 Å². The van der Waals surface area contributed by atoms with Gasteiger partial charge in [0.15, 0.2) is 0 Å². The third kappa shape index (κ3) is 2.60. The topological polar surface area (TPSA) is 26.3 Å². The molecule has 1 aliphatic rings. The van der Waals surface area contributed by atoms with Gasteiger partial charge in [0.25, 0.3) is 0 Å². The van der Waals surface area contributed by atoms with Crippen LogP contribution in [0.4, 0.5) is 0 Å². The lowest BCUT2D eigenvalue weighted by molar-refractivity contribution is -0.135. The predicted octanol–water partition coefficient (Wildman–Crippen LogP) is 3.80. The molecule has 0 aromatic heterocycles. The molecule has 1 saturated carbocycles. The molecule has 17 heavy (non-hydrogen) atoms. The van der Waals surface area contributed by atoms with Crippen molar-refractivity contribution in [3.05, 3.63) is 46.6 Å². The highest BCUT2D eigenvalue weighted by atomic mass is 79.9. The summed E-state index contributed by atoms with van der Waals surface area (Å²) in [6.07, 6.45) is 4.57. The van der Waals surface area contributed by atoms with E-state index >= 15 is 0 Å². The van der Waals surface area contributed by atoms with E-state index in [2.05, 4.69) is 41.1 Å². The molecule has 0 radical (unpaired) electrons.